The maximum Gasteiger partial charge on any atom is 0.174 e. The summed E-state index contributed by atoms with van der Waals surface area (Å²) in [6, 6.07) is 4.56. The maximum absolute atomic E-state index is 12.1. The van der Waals surface area contributed by atoms with Crippen molar-refractivity contribution >= 4 is 34.8 Å². The van der Waals surface area contributed by atoms with E-state index in [1.807, 2.05) is 0 Å². The van der Waals surface area contributed by atoms with E-state index in [0.717, 1.165) is 0 Å². The monoisotopic (exact) mass is 310 g/mol. The standard InChI is InChI=1S/C14H12Cl2N2O2/c1-8-10(7-18(2)17-8)14(20)6-13(19)9-3-4-11(15)12(16)5-9/h3-5,7H,6H2,1-2H3. The van der Waals surface area contributed by atoms with E-state index in [1.165, 1.54) is 12.1 Å². The van der Waals surface area contributed by atoms with E-state index in [0.29, 0.717) is 26.9 Å². The zero-order valence-corrected chi connectivity index (χ0v) is 12.5. The Bertz CT molecular complexity index is 692. The van der Waals surface area contributed by atoms with Gasteiger partial charge in [0.25, 0.3) is 0 Å². The lowest BCUT2D eigenvalue weighted by Gasteiger charge is -2.02. The first-order valence-corrected chi connectivity index (χ1v) is 6.65. The molecular weight excluding hydrogens is 299 g/mol. The zero-order chi connectivity index (χ0) is 14.9. The fraction of sp³-hybridized carbons (Fsp3) is 0.214. The number of halogens is 2. The van der Waals surface area contributed by atoms with Crippen LogP contribution in [0.15, 0.2) is 24.4 Å². The van der Waals surface area contributed by atoms with Crippen LogP contribution in [0.1, 0.15) is 32.8 Å². The molecule has 4 nitrogen and oxygen atoms in total. The number of aryl methyl sites for hydroxylation is 2. The number of carbonyl (C=O) groups is 2. The van der Waals surface area contributed by atoms with Crippen molar-refractivity contribution in [3.05, 3.63) is 51.3 Å². The topological polar surface area (TPSA) is 52.0 Å². The van der Waals surface area contributed by atoms with Crippen LogP contribution in [0.5, 0.6) is 0 Å². The predicted molar refractivity (Wildman–Crippen MR) is 77.7 cm³/mol. The van der Waals surface area contributed by atoms with Crippen molar-refractivity contribution in [2.45, 2.75) is 13.3 Å². The molecule has 1 aromatic heterocycles. The summed E-state index contributed by atoms with van der Waals surface area (Å²) in [5, 5.41) is 4.75. The number of ketones is 2. The van der Waals surface area contributed by atoms with Gasteiger partial charge in [-0.1, -0.05) is 23.2 Å². The van der Waals surface area contributed by atoms with Crippen LogP contribution < -0.4 is 0 Å². The van der Waals surface area contributed by atoms with Crippen LogP contribution in [0.25, 0.3) is 0 Å². The molecule has 2 rings (SSSR count). The summed E-state index contributed by atoms with van der Waals surface area (Å²) < 4.78 is 1.55. The van der Waals surface area contributed by atoms with E-state index in [2.05, 4.69) is 5.10 Å². The molecule has 0 N–H and O–H groups in total. The second-order valence-electron chi connectivity index (χ2n) is 4.45. The lowest BCUT2D eigenvalue weighted by atomic mass is 10.0. The van der Waals surface area contributed by atoms with Gasteiger partial charge in [0.2, 0.25) is 0 Å². The predicted octanol–water partition coefficient (Wildman–Crippen LogP) is 3.49. The average Bonchev–Trinajstić information content (AvgIpc) is 2.71. The van der Waals surface area contributed by atoms with Crippen molar-refractivity contribution in [1.29, 1.82) is 0 Å². The first-order valence-electron chi connectivity index (χ1n) is 5.90. The number of Topliss-reactive ketones (excluding diaryl/α,β-unsaturated/α-hetero) is 2. The molecule has 0 spiro atoms. The second-order valence-corrected chi connectivity index (χ2v) is 5.27. The molecule has 104 valence electrons. The Hall–Kier alpha value is -1.65. The van der Waals surface area contributed by atoms with Crippen molar-refractivity contribution in [2.24, 2.45) is 7.05 Å². The number of carbonyl (C=O) groups excluding carboxylic acids is 2. The van der Waals surface area contributed by atoms with Crippen molar-refractivity contribution < 1.29 is 9.59 Å². The van der Waals surface area contributed by atoms with Gasteiger partial charge < -0.3 is 0 Å². The molecule has 0 unspecified atom stereocenters. The number of nitrogens with zero attached hydrogens (tertiary/aromatic N) is 2. The molecule has 0 bridgehead atoms. The fourth-order valence-corrected chi connectivity index (χ4v) is 2.18. The SMILES string of the molecule is Cc1nn(C)cc1C(=O)CC(=O)c1ccc(Cl)c(Cl)c1. The van der Waals surface area contributed by atoms with Crippen molar-refractivity contribution in [1.82, 2.24) is 9.78 Å². The van der Waals surface area contributed by atoms with Crippen LogP contribution in [0.3, 0.4) is 0 Å². The Morgan fingerprint density at radius 2 is 1.90 bits per heavy atom. The third-order valence-corrected chi connectivity index (χ3v) is 3.62. The number of hydrogen-bond donors (Lipinski definition) is 0. The van der Waals surface area contributed by atoms with E-state index in [1.54, 1.807) is 30.9 Å². The highest BCUT2D eigenvalue weighted by molar-refractivity contribution is 6.42. The average molecular weight is 311 g/mol. The minimum absolute atomic E-state index is 0.218. The van der Waals surface area contributed by atoms with Gasteiger partial charge in [0.15, 0.2) is 11.6 Å². The summed E-state index contributed by atoms with van der Waals surface area (Å²) in [6.07, 6.45) is 1.39. The van der Waals surface area contributed by atoms with Gasteiger partial charge in [-0.05, 0) is 25.1 Å². The molecule has 0 radical (unpaired) electrons. The molecule has 0 amide bonds. The maximum atomic E-state index is 12.1. The van der Waals surface area contributed by atoms with Crippen molar-refractivity contribution in [3.8, 4) is 0 Å². The number of aromatic nitrogens is 2. The van der Waals surface area contributed by atoms with E-state index in [-0.39, 0.29) is 18.0 Å². The Morgan fingerprint density at radius 1 is 1.20 bits per heavy atom. The highest BCUT2D eigenvalue weighted by Gasteiger charge is 2.18. The summed E-state index contributed by atoms with van der Waals surface area (Å²) >= 11 is 11.6. The van der Waals surface area contributed by atoms with Gasteiger partial charge in [-0.2, -0.15) is 5.10 Å². The van der Waals surface area contributed by atoms with E-state index in [4.69, 9.17) is 23.2 Å². The van der Waals surface area contributed by atoms with Gasteiger partial charge in [0.05, 0.1) is 27.7 Å². The van der Waals surface area contributed by atoms with E-state index >= 15 is 0 Å². The minimum Gasteiger partial charge on any atom is -0.294 e. The quantitative estimate of drug-likeness (QED) is 0.641. The molecule has 0 aliphatic rings. The van der Waals surface area contributed by atoms with E-state index in [9.17, 15) is 9.59 Å². The molecule has 20 heavy (non-hydrogen) atoms. The largest absolute Gasteiger partial charge is 0.294 e. The van der Waals surface area contributed by atoms with Gasteiger partial charge in [-0.25, -0.2) is 0 Å². The summed E-state index contributed by atoms with van der Waals surface area (Å²) in [6.45, 7) is 1.73. The first-order chi connectivity index (χ1) is 9.38. The molecule has 0 atom stereocenters. The number of hydrogen-bond acceptors (Lipinski definition) is 3. The van der Waals surface area contributed by atoms with Crippen LogP contribution in [0, 0.1) is 6.92 Å². The molecular formula is C14H12Cl2N2O2. The molecule has 0 aliphatic heterocycles. The third-order valence-electron chi connectivity index (χ3n) is 2.88. The highest BCUT2D eigenvalue weighted by atomic mass is 35.5. The molecule has 0 saturated heterocycles. The molecule has 0 aliphatic carbocycles. The smallest absolute Gasteiger partial charge is 0.174 e. The minimum atomic E-state index is -0.295. The van der Waals surface area contributed by atoms with Crippen LogP contribution in [-0.2, 0) is 7.05 Å². The number of rotatable bonds is 4. The molecule has 1 aromatic carbocycles. The van der Waals surface area contributed by atoms with Gasteiger partial charge in [-0.15, -0.1) is 0 Å². The molecule has 6 heteroatoms. The molecule has 1 heterocycles. The Morgan fingerprint density at radius 3 is 2.45 bits per heavy atom. The summed E-state index contributed by atoms with van der Waals surface area (Å²) in [4.78, 5) is 24.1. The third kappa shape index (κ3) is 3.08. The second kappa shape index (κ2) is 5.77. The highest BCUT2D eigenvalue weighted by Crippen LogP contribution is 2.23. The van der Waals surface area contributed by atoms with Gasteiger partial charge >= 0.3 is 0 Å². The molecule has 0 fully saturated rings. The molecule has 0 saturated carbocycles. The summed E-state index contributed by atoms with van der Waals surface area (Å²) in [5.74, 6) is -0.552. The van der Waals surface area contributed by atoms with Gasteiger partial charge in [-0.3, -0.25) is 14.3 Å². The Labute approximate surface area is 126 Å². The molecule has 2 aromatic rings. The van der Waals surface area contributed by atoms with Crippen LogP contribution in [0.4, 0.5) is 0 Å². The van der Waals surface area contributed by atoms with Gasteiger partial charge in [0, 0.05) is 18.8 Å². The van der Waals surface area contributed by atoms with Crippen LogP contribution >= 0.6 is 23.2 Å². The summed E-state index contributed by atoms with van der Waals surface area (Å²) in [5.41, 5.74) is 1.44. The van der Waals surface area contributed by atoms with Crippen LogP contribution in [-0.4, -0.2) is 21.3 Å². The Kier molecular flexibility index (Phi) is 4.26. The van der Waals surface area contributed by atoms with Gasteiger partial charge in [0.1, 0.15) is 0 Å². The Balaban J connectivity index is 2.17. The zero-order valence-electron chi connectivity index (χ0n) is 11.0. The number of benzene rings is 1. The lowest BCUT2D eigenvalue weighted by Crippen LogP contribution is -2.09. The van der Waals surface area contributed by atoms with Crippen LogP contribution in [0.2, 0.25) is 10.0 Å². The normalized spacial score (nSPS) is 10.6. The summed E-state index contributed by atoms with van der Waals surface area (Å²) in [7, 11) is 1.73. The van der Waals surface area contributed by atoms with Crippen molar-refractivity contribution in [2.75, 3.05) is 0 Å². The fourth-order valence-electron chi connectivity index (χ4n) is 1.89. The lowest BCUT2D eigenvalue weighted by molar-refractivity contribution is 0.0894. The first kappa shape index (κ1) is 14.8. The van der Waals surface area contributed by atoms with Crippen molar-refractivity contribution in [3.63, 3.8) is 0 Å². The van der Waals surface area contributed by atoms with E-state index < -0.39 is 0 Å².